The average Bonchev–Trinajstić information content (AvgIpc) is 3.04. The largest absolute Gasteiger partial charge is 0.481 e. The van der Waals surface area contributed by atoms with Gasteiger partial charge >= 0.3 is 11.9 Å². The maximum atomic E-state index is 11.3. The van der Waals surface area contributed by atoms with E-state index in [-0.39, 0.29) is 23.3 Å². The topological polar surface area (TPSA) is 102 Å². The highest BCUT2D eigenvalue weighted by atomic mass is 32.2. The molecular weight excluding hydrogens is 633 g/mol. The molecule has 0 rings (SSSR count). The molecule has 0 aliphatic carbocycles. The number of carboxylic acids is 2. The van der Waals surface area contributed by atoms with Crippen molar-refractivity contribution in [3.05, 3.63) is 0 Å². The Labute approximate surface area is 298 Å². The number of hydrogen-bond acceptors (Lipinski definition) is 7. The lowest BCUT2D eigenvalue weighted by molar-refractivity contribution is -0.138. The fourth-order valence-corrected chi connectivity index (χ4v) is 7.98. The van der Waals surface area contributed by atoms with Crippen LogP contribution in [0.3, 0.4) is 0 Å². The molecule has 0 amide bonds. The fraction of sp³-hybridized carbons (Fsp3) is 0.947. The third-order valence-corrected chi connectivity index (χ3v) is 11.2. The van der Waals surface area contributed by atoms with Gasteiger partial charge in [0.1, 0.15) is 0 Å². The van der Waals surface area contributed by atoms with Crippen LogP contribution in [0.4, 0.5) is 0 Å². The van der Waals surface area contributed by atoms with E-state index in [0.29, 0.717) is 39.6 Å². The van der Waals surface area contributed by atoms with E-state index in [1.165, 1.54) is 116 Å². The molecule has 0 saturated carbocycles. The first-order valence-corrected chi connectivity index (χ1v) is 21.5. The summed E-state index contributed by atoms with van der Waals surface area (Å²) in [5.74, 6) is 0.561. The van der Waals surface area contributed by atoms with Crippen molar-refractivity contribution in [3.63, 3.8) is 0 Å². The predicted octanol–water partition coefficient (Wildman–Crippen LogP) is 10.8. The Morgan fingerprint density at radius 1 is 0.447 bits per heavy atom. The first-order valence-electron chi connectivity index (χ1n) is 19.4. The molecule has 0 radical (unpaired) electrons. The summed E-state index contributed by atoms with van der Waals surface area (Å²) in [6, 6.07) is 0. The molecule has 0 aromatic heterocycles. The molecule has 0 spiro atoms. The molecule has 0 aliphatic rings. The quantitative estimate of drug-likeness (QED) is 0.0603. The van der Waals surface area contributed by atoms with E-state index >= 15 is 0 Å². The van der Waals surface area contributed by atoms with Crippen molar-refractivity contribution in [2.75, 3.05) is 51.1 Å². The molecule has 0 aromatic rings. The van der Waals surface area contributed by atoms with Crippen LogP contribution in [0, 0.1) is 0 Å². The van der Waals surface area contributed by atoms with Crippen molar-refractivity contribution in [3.8, 4) is 0 Å². The van der Waals surface area contributed by atoms with E-state index in [2.05, 4.69) is 13.8 Å². The summed E-state index contributed by atoms with van der Waals surface area (Å²) in [5, 5.41) is 18.8. The van der Waals surface area contributed by atoms with Crippen LogP contribution in [-0.4, -0.2) is 83.8 Å². The van der Waals surface area contributed by atoms with Crippen LogP contribution < -0.4 is 0 Å². The Balaban J connectivity index is 3.74. The van der Waals surface area contributed by atoms with Gasteiger partial charge in [0, 0.05) is 23.7 Å². The van der Waals surface area contributed by atoms with Crippen molar-refractivity contribution in [1.82, 2.24) is 0 Å². The van der Waals surface area contributed by atoms with Gasteiger partial charge in [-0.3, -0.25) is 9.59 Å². The summed E-state index contributed by atoms with van der Waals surface area (Å²) < 4.78 is 17.0. The van der Waals surface area contributed by atoms with Crippen molar-refractivity contribution < 1.29 is 34.0 Å². The number of hydrogen-bond donors (Lipinski definition) is 2. The monoisotopic (exact) mass is 706 g/mol. The van der Waals surface area contributed by atoms with Gasteiger partial charge < -0.3 is 24.4 Å². The Hall–Kier alpha value is -0.480. The van der Waals surface area contributed by atoms with Gasteiger partial charge in [-0.1, -0.05) is 129 Å². The zero-order valence-corrected chi connectivity index (χ0v) is 32.2. The van der Waals surface area contributed by atoms with Gasteiger partial charge in [0.05, 0.1) is 39.3 Å². The van der Waals surface area contributed by atoms with Gasteiger partial charge in [-0.2, -0.15) is 23.5 Å². The van der Waals surface area contributed by atoms with E-state index in [0.717, 1.165) is 37.2 Å². The van der Waals surface area contributed by atoms with Crippen LogP contribution in [0.1, 0.15) is 168 Å². The molecule has 7 nitrogen and oxygen atoms in total. The normalized spacial score (nSPS) is 12.8. The Morgan fingerprint density at radius 3 is 1.02 bits per heavy atom. The molecule has 2 unspecified atom stereocenters. The standard InChI is InChI=1S/C38H74O7S2/c1-3-5-7-9-11-13-15-17-19-21-31-46-35(33-37(39)40)23-25-43-27-29-45-30-28-44-26-24-36(34-38(41)42)47-32-22-20-18-16-14-12-10-8-6-4-2/h35-36H,3-34H2,1-2H3,(H,39,40)(H,41,42). The predicted molar refractivity (Wildman–Crippen MR) is 202 cm³/mol. The smallest absolute Gasteiger partial charge is 0.304 e. The number of aliphatic carboxylic acids is 2. The molecule has 0 saturated heterocycles. The molecule has 0 bridgehead atoms. The maximum Gasteiger partial charge on any atom is 0.304 e. The highest BCUT2D eigenvalue weighted by Gasteiger charge is 2.15. The molecule has 9 heteroatoms. The minimum atomic E-state index is -0.740. The molecule has 0 aromatic carbocycles. The molecule has 0 heterocycles. The molecule has 0 aliphatic heterocycles. The lowest BCUT2D eigenvalue weighted by Crippen LogP contribution is -2.16. The Kier molecular flexibility index (Phi) is 37.9. The summed E-state index contributed by atoms with van der Waals surface area (Å²) in [7, 11) is 0. The third-order valence-electron chi connectivity index (χ3n) is 8.42. The second-order valence-electron chi connectivity index (χ2n) is 13.0. The number of unbranched alkanes of at least 4 members (excludes halogenated alkanes) is 18. The number of rotatable bonds is 40. The third kappa shape index (κ3) is 38.2. The summed E-state index contributed by atoms with van der Waals surface area (Å²) in [6.45, 7) is 7.54. The highest BCUT2D eigenvalue weighted by molar-refractivity contribution is 8.00. The van der Waals surface area contributed by atoms with Gasteiger partial charge in [-0.05, 0) is 37.2 Å². The zero-order valence-electron chi connectivity index (χ0n) is 30.5. The first kappa shape index (κ1) is 46.5. The fourth-order valence-electron chi connectivity index (χ4n) is 5.53. The highest BCUT2D eigenvalue weighted by Crippen LogP contribution is 2.22. The van der Waals surface area contributed by atoms with Crippen LogP contribution in [0.2, 0.25) is 0 Å². The van der Waals surface area contributed by atoms with Crippen molar-refractivity contribution in [2.24, 2.45) is 0 Å². The van der Waals surface area contributed by atoms with Crippen LogP contribution in [0.15, 0.2) is 0 Å². The van der Waals surface area contributed by atoms with E-state index in [9.17, 15) is 19.8 Å². The molecule has 2 atom stereocenters. The second-order valence-corrected chi connectivity index (χ2v) is 15.8. The van der Waals surface area contributed by atoms with Gasteiger partial charge in [-0.15, -0.1) is 0 Å². The maximum absolute atomic E-state index is 11.3. The van der Waals surface area contributed by atoms with Crippen LogP contribution >= 0.6 is 23.5 Å². The van der Waals surface area contributed by atoms with Crippen LogP contribution in [0.5, 0.6) is 0 Å². The van der Waals surface area contributed by atoms with Gasteiger partial charge in [0.25, 0.3) is 0 Å². The van der Waals surface area contributed by atoms with E-state index in [4.69, 9.17) is 14.2 Å². The lowest BCUT2D eigenvalue weighted by Gasteiger charge is -2.15. The Morgan fingerprint density at radius 2 is 0.723 bits per heavy atom. The summed E-state index contributed by atoms with van der Waals surface area (Å²) in [5.41, 5.74) is 0. The number of thioether (sulfide) groups is 2. The second kappa shape index (κ2) is 38.3. The van der Waals surface area contributed by atoms with Gasteiger partial charge in [0.15, 0.2) is 0 Å². The number of ether oxygens (including phenoxy) is 3. The van der Waals surface area contributed by atoms with E-state index in [1.54, 1.807) is 23.5 Å². The summed E-state index contributed by atoms with van der Waals surface area (Å²) in [6.07, 6.45) is 28.1. The van der Waals surface area contributed by atoms with Crippen LogP contribution in [0.25, 0.3) is 0 Å². The van der Waals surface area contributed by atoms with Gasteiger partial charge in [-0.25, -0.2) is 0 Å². The molecule has 0 fully saturated rings. The molecule has 280 valence electrons. The Bertz CT molecular complexity index is 614. The summed E-state index contributed by atoms with van der Waals surface area (Å²) in [4.78, 5) is 22.6. The summed E-state index contributed by atoms with van der Waals surface area (Å²) >= 11 is 3.56. The molecule has 47 heavy (non-hydrogen) atoms. The minimum absolute atomic E-state index is 0.0957. The lowest BCUT2D eigenvalue weighted by atomic mass is 10.1. The SMILES string of the molecule is CCCCCCCCCCCCSC(CCOCCOCCOCCC(CC(=O)O)SCCCCCCCCCCCC)CC(=O)O. The first-order chi connectivity index (χ1) is 23.0. The average molecular weight is 707 g/mol. The molecular formula is C38H74O7S2. The van der Waals surface area contributed by atoms with E-state index < -0.39 is 11.9 Å². The van der Waals surface area contributed by atoms with Crippen molar-refractivity contribution in [1.29, 1.82) is 0 Å². The van der Waals surface area contributed by atoms with Gasteiger partial charge in [0.2, 0.25) is 0 Å². The van der Waals surface area contributed by atoms with Crippen molar-refractivity contribution >= 4 is 35.5 Å². The molecule has 2 N–H and O–H groups in total. The van der Waals surface area contributed by atoms with Crippen LogP contribution in [-0.2, 0) is 23.8 Å². The van der Waals surface area contributed by atoms with E-state index in [1.807, 2.05) is 0 Å². The minimum Gasteiger partial charge on any atom is -0.481 e. The number of carboxylic acid groups (broad SMARTS) is 2. The zero-order chi connectivity index (χ0) is 34.5. The van der Waals surface area contributed by atoms with Crippen molar-refractivity contribution in [2.45, 2.75) is 178 Å². The number of carbonyl (C=O) groups is 2.